The Labute approximate surface area is 88.7 Å². The van der Waals surface area contributed by atoms with Gasteiger partial charge in [-0.25, -0.2) is 0 Å². The molecule has 0 radical (unpaired) electrons. The Morgan fingerprint density at radius 1 is 1.57 bits per heavy atom. The third-order valence-electron chi connectivity index (χ3n) is 2.06. The van der Waals surface area contributed by atoms with Crippen molar-refractivity contribution in [2.24, 2.45) is 0 Å². The van der Waals surface area contributed by atoms with Gasteiger partial charge in [-0.05, 0) is 22.5 Å². The molecule has 1 aromatic rings. The zero-order valence-electron chi connectivity index (χ0n) is 9.05. The van der Waals surface area contributed by atoms with Crippen LogP contribution in [0, 0.1) is 0 Å². The van der Waals surface area contributed by atoms with Crippen molar-refractivity contribution in [2.75, 3.05) is 7.05 Å². The second-order valence-electron chi connectivity index (χ2n) is 4.27. The molecule has 0 fully saturated rings. The first-order valence-corrected chi connectivity index (χ1v) is 5.43. The van der Waals surface area contributed by atoms with Crippen molar-refractivity contribution >= 4 is 17.4 Å². The molecule has 14 heavy (non-hydrogen) atoms. The fraction of sp³-hybridized carbons (Fsp3) is 0.600. The maximum absolute atomic E-state index is 11.2. The first kappa shape index (κ1) is 11.2. The first-order valence-electron chi connectivity index (χ1n) is 4.59. The lowest BCUT2D eigenvalue weighted by Gasteiger charge is -2.18. The van der Waals surface area contributed by atoms with Gasteiger partial charge < -0.3 is 5.32 Å². The zero-order valence-corrected chi connectivity index (χ0v) is 9.86. The van der Waals surface area contributed by atoms with Crippen LogP contribution in [0.15, 0.2) is 5.38 Å². The van der Waals surface area contributed by atoms with Crippen LogP contribution in [0.25, 0.3) is 0 Å². The molecule has 1 N–H and O–H groups in total. The first-order chi connectivity index (χ1) is 6.45. The van der Waals surface area contributed by atoms with Crippen molar-refractivity contribution < 1.29 is 4.79 Å². The molecule has 0 atom stereocenters. The number of carbonyl (C=O) groups excluding carboxylic acids is 1. The number of nitrogens with one attached hydrogen (secondary N) is 1. The maximum Gasteiger partial charge on any atom is 0.225 e. The summed E-state index contributed by atoms with van der Waals surface area (Å²) in [6.07, 6.45) is 0.382. The average molecular weight is 212 g/mol. The van der Waals surface area contributed by atoms with Crippen molar-refractivity contribution in [3.8, 4) is 0 Å². The average Bonchev–Trinajstić information content (AvgIpc) is 2.51. The van der Waals surface area contributed by atoms with E-state index in [9.17, 15) is 4.79 Å². The molecule has 1 heterocycles. The van der Waals surface area contributed by atoms with Gasteiger partial charge in [-0.15, -0.1) is 0 Å². The molecule has 0 spiro atoms. The molecule has 0 saturated heterocycles. The van der Waals surface area contributed by atoms with E-state index >= 15 is 0 Å². The van der Waals surface area contributed by atoms with Crippen LogP contribution in [0.3, 0.4) is 0 Å². The predicted molar refractivity (Wildman–Crippen MR) is 58.6 cm³/mol. The van der Waals surface area contributed by atoms with Crippen LogP contribution < -0.4 is 5.32 Å². The number of amides is 1. The summed E-state index contributed by atoms with van der Waals surface area (Å²) in [4.78, 5) is 11.2. The van der Waals surface area contributed by atoms with Crippen molar-refractivity contribution in [1.82, 2.24) is 9.69 Å². The third kappa shape index (κ3) is 2.54. The van der Waals surface area contributed by atoms with Gasteiger partial charge in [0, 0.05) is 12.4 Å². The van der Waals surface area contributed by atoms with Gasteiger partial charge in [-0.2, -0.15) is 4.37 Å². The molecule has 0 aliphatic heterocycles. The molecule has 0 aromatic carbocycles. The lowest BCUT2D eigenvalue weighted by atomic mass is 9.87. The number of nitrogens with zero attached hydrogens (tertiary/aromatic N) is 1. The zero-order chi connectivity index (χ0) is 10.8. The van der Waals surface area contributed by atoms with Gasteiger partial charge in [0.2, 0.25) is 5.91 Å². The molecule has 0 aliphatic rings. The second-order valence-corrected chi connectivity index (χ2v) is 4.90. The maximum atomic E-state index is 11.2. The Bertz CT molecular complexity index is 325. The van der Waals surface area contributed by atoms with Gasteiger partial charge in [-0.3, -0.25) is 4.79 Å². The molecule has 78 valence electrons. The molecule has 0 saturated carbocycles. The summed E-state index contributed by atoms with van der Waals surface area (Å²) in [6.45, 7) is 6.39. The van der Waals surface area contributed by atoms with E-state index < -0.39 is 0 Å². The summed E-state index contributed by atoms with van der Waals surface area (Å²) in [7, 11) is 1.64. The lowest BCUT2D eigenvalue weighted by Crippen LogP contribution is -2.22. The second kappa shape index (κ2) is 4.09. The van der Waals surface area contributed by atoms with E-state index in [0.29, 0.717) is 6.42 Å². The summed E-state index contributed by atoms with van der Waals surface area (Å²) >= 11 is 1.42. The highest BCUT2D eigenvalue weighted by Gasteiger charge is 2.21. The van der Waals surface area contributed by atoms with Gasteiger partial charge in [0.05, 0.1) is 12.1 Å². The summed E-state index contributed by atoms with van der Waals surface area (Å²) in [5.41, 5.74) is 2.14. The van der Waals surface area contributed by atoms with Crippen molar-refractivity contribution in [2.45, 2.75) is 32.6 Å². The fourth-order valence-electron chi connectivity index (χ4n) is 1.24. The number of hydrogen-bond donors (Lipinski definition) is 1. The Morgan fingerprint density at radius 2 is 2.21 bits per heavy atom. The molecular weight excluding hydrogens is 196 g/mol. The van der Waals surface area contributed by atoms with Crippen LogP contribution in [-0.2, 0) is 16.6 Å². The number of carbonyl (C=O) groups is 1. The smallest absolute Gasteiger partial charge is 0.225 e. The van der Waals surface area contributed by atoms with Gasteiger partial charge in [0.1, 0.15) is 0 Å². The molecule has 1 aromatic heterocycles. The fourth-order valence-corrected chi connectivity index (χ4v) is 2.18. The highest BCUT2D eigenvalue weighted by atomic mass is 32.1. The highest BCUT2D eigenvalue weighted by Crippen LogP contribution is 2.26. The third-order valence-corrected chi connectivity index (χ3v) is 2.73. The van der Waals surface area contributed by atoms with Crippen LogP contribution in [0.2, 0.25) is 0 Å². The summed E-state index contributed by atoms with van der Waals surface area (Å²) in [5.74, 6) is 0.0152. The highest BCUT2D eigenvalue weighted by molar-refractivity contribution is 7.03. The molecule has 0 unspecified atom stereocenters. The topological polar surface area (TPSA) is 42.0 Å². The monoisotopic (exact) mass is 212 g/mol. The molecule has 4 heteroatoms. The van der Waals surface area contributed by atoms with E-state index in [2.05, 4.69) is 30.5 Å². The van der Waals surface area contributed by atoms with E-state index in [1.54, 1.807) is 7.05 Å². The van der Waals surface area contributed by atoms with Crippen LogP contribution >= 0.6 is 11.5 Å². The number of rotatable bonds is 2. The molecule has 0 aliphatic carbocycles. The quantitative estimate of drug-likeness (QED) is 0.811. The summed E-state index contributed by atoms with van der Waals surface area (Å²) < 4.78 is 4.25. The minimum Gasteiger partial charge on any atom is -0.359 e. The van der Waals surface area contributed by atoms with Crippen LogP contribution in [0.5, 0.6) is 0 Å². The summed E-state index contributed by atoms with van der Waals surface area (Å²) in [6, 6.07) is 0. The molecule has 3 nitrogen and oxygen atoms in total. The lowest BCUT2D eigenvalue weighted by molar-refractivity contribution is -0.120. The van der Waals surface area contributed by atoms with E-state index in [1.165, 1.54) is 17.1 Å². The molecule has 0 bridgehead atoms. The van der Waals surface area contributed by atoms with Crippen LogP contribution in [0.1, 0.15) is 32.0 Å². The van der Waals surface area contributed by atoms with Crippen molar-refractivity contribution in [3.63, 3.8) is 0 Å². The van der Waals surface area contributed by atoms with Gasteiger partial charge in [0.25, 0.3) is 0 Å². The largest absolute Gasteiger partial charge is 0.359 e. The molecule has 1 rings (SSSR count). The Morgan fingerprint density at radius 3 is 2.71 bits per heavy atom. The number of hydrogen-bond acceptors (Lipinski definition) is 3. The van der Waals surface area contributed by atoms with Gasteiger partial charge in [0.15, 0.2) is 0 Å². The van der Waals surface area contributed by atoms with Crippen molar-refractivity contribution in [3.05, 3.63) is 16.6 Å². The Balaban J connectivity index is 2.88. The Kier molecular flexibility index (Phi) is 3.26. The SMILES string of the molecule is CNC(=O)Cc1nscc1C(C)(C)C. The molecular formula is C10H16N2OS. The summed E-state index contributed by atoms with van der Waals surface area (Å²) in [5, 5.41) is 4.63. The van der Waals surface area contributed by atoms with Crippen molar-refractivity contribution in [1.29, 1.82) is 0 Å². The Hall–Kier alpha value is -0.900. The predicted octanol–water partition coefficient (Wildman–Crippen LogP) is 1.73. The number of likely N-dealkylation sites (N-methyl/N-ethyl adjacent to an activating group) is 1. The van der Waals surface area contributed by atoms with E-state index in [-0.39, 0.29) is 11.3 Å². The minimum atomic E-state index is 0.0152. The van der Waals surface area contributed by atoms with Gasteiger partial charge in [-0.1, -0.05) is 20.8 Å². The van der Waals surface area contributed by atoms with E-state index in [0.717, 1.165) is 5.69 Å². The van der Waals surface area contributed by atoms with Gasteiger partial charge >= 0.3 is 0 Å². The minimum absolute atomic E-state index is 0.0152. The number of aromatic nitrogens is 1. The van der Waals surface area contributed by atoms with Crippen LogP contribution in [0.4, 0.5) is 0 Å². The van der Waals surface area contributed by atoms with Crippen LogP contribution in [-0.4, -0.2) is 17.3 Å². The molecule has 1 amide bonds. The van der Waals surface area contributed by atoms with E-state index in [4.69, 9.17) is 0 Å². The van der Waals surface area contributed by atoms with E-state index in [1.807, 2.05) is 5.38 Å². The standard InChI is InChI=1S/C10H16N2OS/c1-10(2,3)7-6-14-12-8(7)5-9(13)11-4/h6H,5H2,1-4H3,(H,11,13). The normalized spacial score (nSPS) is 11.4.